The van der Waals surface area contributed by atoms with Gasteiger partial charge in [-0.15, -0.1) is 29.3 Å². The van der Waals surface area contributed by atoms with Crippen molar-refractivity contribution in [1.82, 2.24) is 14.5 Å². The summed E-state index contributed by atoms with van der Waals surface area (Å²) < 4.78 is 149. The van der Waals surface area contributed by atoms with Crippen molar-refractivity contribution in [3.05, 3.63) is 168 Å². The minimum Gasteiger partial charge on any atom is -0.507 e. The molecule has 0 aliphatic heterocycles. The van der Waals surface area contributed by atoms with Gasteiger partial charge in [-0.3, -0.25) is 9.55 Å². The number of fused-ring (bicyclic) bond motifs is 1. The third kappa shape index (κ3) is 7.96. The van der Waals surface area contributed by atoms with Crippen LogP contribution in [0.4, 0.5) is 0 Å². The first-order valence-electron chi connectivity index (χ1n) is 26.9. The largest absolute Gasteiger partial charge is 0.507 e. The Hall–Kier alpha value is -5.57. The Bertz CT molecular complexity index is 3470. The SMILES string of the molecule is [2H]c1nc(-c2[c-]c(-c3cccc4c3nc(-c3ccccc3O)n4-c3ccc(-c4ccccc4)c(C([2H])(C)C)c3)cc(C(C)(C)C)c2)c([2H])c(-c2c([2H])c([2H])c(C(C([2H])([2H])[2H])(C([2H])([2H])[2H])C([2H])([2H])[2H])c([2H])c2[2H])c1[2H].[Pt]. The van der Waals surface area contributed by atoms with Crippen molar-refractivity contribution in [3.63, 3.8) is 0 Å². The number of hydrogen-bond donors (Lipinski definition) is 1. The van der Waals surface area contributed by atoms with Gasteiger partial charge < -0.3 is 5.11 Å². The quantitative estimate of drug-likeness (QED) is 0.162. The molecule has 6 aromatic carbocycles. The molecule has 8 aromatic rings. The standard InChI is InChI=1S/C53H50N3O.Pt/c1-34(2)46-33-42(25-26-43(46)36-15-10-9-11-16-36)56-48-19-14-18-44(50(48)55-51(56)45-17-12-13-20-49(45)57)38-29-39(31-41(30-38)53(6,7)8)47-32-37(27-28-54-47)35-21-23-40(24-22-35)52(3,4)5;/h9-28,30-34,57H,1-8H3;/q-1;/i3D3,4D3,5D3,21D,22D,23D,24D,27D,28D,32D,34D;. The van der Waals surface area contributed by atoms with Crippen LogP contribution in [0.1, 0.15) is 101 Å². The molecule has 0 aliphatic carbocycles. The van der Waals surface area contributed by atoms with Crippen LogP contribution in [0.15, 0.2) is 146 Å². The van der Waals surface area contributed by atoms with E-state index in [2.05, 4.69) is 11.1 Å². The van der Waals surface area contributed by atoms with E-state index < -0.39 is 96.4 Å². The van der Waals surface area contributed by atoms with Crippen molar-refractivity contribution in [2.75, 3.05) is 0 Å². The predicted octanol–water partition coefficient (Wildman–Crippen LogP) is 14.0. The number of aromatic hydroxyl groups is 1. The van der Waals surface area contributed by atoms with Crippen molar-refractivity contribution in [2.45, 2.75) is 71.9 Å². The van der Waals surface area contributed by atoms with Crippen LogP contribution in [0.2, 0.25) is 0 Å². The third-order valence-electron chi connectivity index (χ3n) is 9.84. The molecule has 5 heteroatoms. The van der Waals surface area contributed by atoms with E-state index in [-0.39, 0.29) is 38.1 Å². The first-order valence-corrected chi connectivity index (χ1v) is 18.4. The Morgan fingerprint density at radius 3 is 2.12 bits per heavy atom. The van der Waals surface area contributed by atoms with E-state index in [1.807, 2.05) is 112 Å². The van der Waals surface area contributed by atoms with E-state index in [9.17, 15) is 7.85 Å². The van der Waals surface area contributed by atoms with Gasteiger partial charge in [0.1, 0.15) is 11.6 Å². The number of nitrogens with zero attached hydrogens (tertiary/aromatic N) is 3. The number of imidazole rings is 1. The average molecular weight is 957 g/mol. The second kappa shape index (κ2) is 16.0. The van der Waals surface area contributed by atoms with Gasteiger partial charge in [0.2, 0.25) is 0 Å². The molecule has 0 radical (unpaired) electrons. The van der Waals surface area contributed by atoms with Gasteiger partial charge in [0.15, 0.2) is 0 Å². The van der Waals surface area contributed by atoms with E-state index in [0.29, 0.717) is 44.8 Å². The Morgan fingerprint density at radius 2 is 1.41 bits per heavy atom. The Kier molecular flexibility index (Phi) is 6.72. The fourth-order valence-corrected chi connectivity index (χ4v) is 6.85. The summed E-state index contributed by atoms with van der Waals surface area (Å²) in [5, 5.41) is 11.3. The van der Waals surface area contributed by atoms with Gasteiger partial charge in [0.25, 0.3) is 0 Å². The third-order valence-corrected chi connectivity index (χ3v) is 9.84. The van der Waals surface area contributed by atoms with Crippen LogP contribution in [0.5, 0.6) is 5.75 Å². The molecule has 0 saturated carbocycles. The van der Waals surface area contributed by atoms with Gasteiger partial charge in [-0.25, -0.2) is 4.98 Å². The number of hydrogen-bond acceptors (Lipinski definition) is 3. The van der Waals surface area contributed by atoms with Crippen molar-refractivity contribution in [1.29, 1.82) is 0 Å². The number of aromatic nitrogens is 3. The van der Waals surface area contributed by atoms with E-state index in [0.717, 1.165) is 16.7 Å². The van der Waals surface area contributed by atoms with Crippen LogP contribution in [-0.4, -0.2) is 19.6 Å². The van der Waals surface area contributed by atoms with E-state index >= 15 is 0 Å². The zero-order valence-electron chi connectivity index (χ0n) is 49.4. The summed E-state index contributed by atoms with van der Waals surface area (Å²) in [5.41, 5.74) is -1.13. The van der Waals surface area contributed by atoms with Gasteiger partial charge in [0.05, 0.1) is 26.2 Å². The molecule has 0 fully saturated rings. The van der Waals surface area contributed by atoms with E-state index in [1.54, 1.807) is 30.3 Å². The topological polar surface area (TPSA) is 50.9 Å². The molecule has 0 saturated heterocycles. The molecule has 2 aromatic heterocycles. The first-order chi connectivity index (χ1) is 34.2. The summed E-state index contributed by atoms with van der Waals surface area (Å²) in [6, 6.07) is 28.4. The smallest absolute Gasteiger partial charge is 0.148 e. The maximum absolute atomic E-state index is 11.3. The number of benzene rings is 6. The summed E-state index contributed by atoms with van der Waals surface area (Å²) >= 11 is 0. The molecule has 294 valence electrons. The molecule has 0 aliphatic rings. The average Bonchev–Trinajstić information content (AvgIpc) is 3.70. The van der Waals surface area contributed by atoms with E-state index in [1.165, 1.54) is 0 Å². The zero-order chi connectivity index (χ0) is 54.6. The Labute approximate surface area is 381 Å². The molecule has 1 N–H and O–H groups in total. The number of rotatable bonds is 7. The van der Waals surface area contributed by atoms with Crippen molar-refractivity contribution >= 4 is 11.0 Å². The minimum absolute atomic E-state index is 0. The zero-order valence-corrected chi connectivity index (χ0v) is 34.7. The van der Waals surface area contributed by atoms with Crippen LogP contribution < -0.4 is 0 Å². The van der Waals surface area contributed by atoms with Crippen LogP contribution >= 0.6 is 0 Å². The molecule has 0 spiro atoms. The normalized spacial score (nSPS) is 16.9. The summed E-state index contributed by atoms with van der Waals surface area (Å²) in [4.78, 5) is 9.54. The molecule has 0 atom stereocenters. The maximum Gasteiger partial charge on any atom is 0.148 e. The summed E-state index contributed by atoms with van der Waals surface area (Å²) in [5.74, 6) is -0.708. The first kappa shape index (κ1) is 24.4. The van der Waals surface area contributed by atoms with Crippen molar-refractivity contribution in [3.8, 4) is 67.5 Å². The minimum atomic E-state index is -3.93. The molecular formula is C53H50N3OPt-. The molecular weight excluding hydrogens is 890 g/mol. The number of phenols is 1. The van der Waals surface area contributed by atoms with Crippen LogP contribution in [0, 0.1) is 6.07 Å². The number of pyridine rings is 1. The molecule has 0 amide bonds. The van der Waals surface area contributed by atoms with Gasteiger partial charge in [-0.05, 0) is 86.5 Å². The molecule has 0 bridgehead atoms. The van der Waals surface area contributed by atoms with Crippen LogP contribution in [0.25, 0.3) is 72.7 Å². The fraction of sp³-hybridized carbons (Fsp3) is 0.208. The predicted molar refractivity (Wildman–Crippen MR) is 238 cm³/mol. The Balaban J connectivity index is 0.00000820. The molecule has 8 rings (SSSR count). The summed E-state index contributed by atoms with van der Waals surface area (Å²) in [7, 11) is 0. The van der Waals surface area contributed by atoms with Crippen molar-refractivity contribution < 1.29 is 49.5 Å². The van der Waals surface area contributed by atoms with Gasteiger partial charge in [-0.2, -0.15) is 0 Å². The second-order valence-electron chi connectivity index (χ2n) is 15.2. The van der Waals surface area contributed by atoms with Gasteiger partial charge in [-0.1, -0.05) is 157 Å². The molecule has 58 heavy (non-hydrogen) atoms. The van der Waals surface area contributed by atoms with E-state index in [4.69, 9.17) is 25.5 Å². The Morgan fingerprint density at radius 1 is 0.707 bits per heavy atom. The molecule has 4 nitrogen and oxygen atoms in total. The summed E-state index contributed by atoms with van der Waals surface area (Å²) in [6.07, 6.45) is -0.758. The van der Waals surface area contributed by atoms with Crippen LogP contribution in [-0.2, 0) is 31.9 Å². The number of para-hydroxylation sites is 2. The maximum atomic E-state index is 11.3. The van der Waals surface area contributed by atoms with Crippen LogP contribution in [0.3, 0.4) is 0 Å². The summed E-state index contributed by atoms with van der Waals surface area (Å²) in [6.45, 7) is -2.32. The van der Waals surface area contributed by atoms with Gasteiger partial charge >= 0.3 is 0 Å². The van der Waals surface area contributed by atoms with Crippen molar-refractivity contribution in [2.24, 2.45) is 0 Å². The number of phenolic OH excluding ortho intramolecular Hbond substituents is 1. The molecule has 2 heterocycles. The fourth-order valence-electron chi connectivity index (χ4n) is 6.85. The molecule has 0 unspecified atom stereocenters. The monoisotopic (exact) mass is 956 g/mol. The second-order valence-corrected chi connectivity index (χ2v) is 15.2. The van der Waals surface area contributed by atoms with Gasteiger partial charge in [0, 0.05) is 52.3 Å².